The van der Waals surface area contributed by atoms with Gasteiger partial charge in [0.15, 0.2) is 0 Å². The summed E-state index contributed by atoms with van der Waals surface area (Å²) >= 11 is 0. The molecule has 9 heteroatoms. The fourth-order valence-electron chi connectivity index (χ4n) is 3.78. The Balaban J connectivity index is 3.38. The number of hydrogen-bond donors (Lipinski definition) is 3. The van der Waals surface area contributed by atoms with Gasteiger partial charge >= 0.3 is 6.09 Å². The Labute approximate surface area is 215 Å². The van der Waals surface area contributed by atoms with Crippen LogP contribution in [-0.4, -0.2) is 52.9 Å². The van der Waals surface area contributed by atoms with E-state index in [-0.39, 0.29) is 18.5 Å². The number of carbonyl (C=O) groups is 4. The monoisotopic (exact) mass is 504 g/mol. The highest BCUT2D eigenvalue weighted by Gasteiger charge is 2.36. The standard InChI is InChI=1S/C27H44N4O5/c1-7-8-9-10-14-17-31(23(24(33)29-19(2)3)20-15-12-11-13-16-20)25(34)21(18-22(28)32)30-26(35)36-27(4,5)6/h11-13,15-16,19,21,23H,7-10,14,17-18H2,1-6H3,(H2,28,32)(H,29,33)(H,30,35). The van der Waals surface area contributed by atoms with Crippen LogP contribution in [0.25, 0.3) is 0 Å². The molecule has 0 aliphatic heterocycles. The lowest BCUT2D eigenvalue weighted by Crippen LogP contribution is -2.54. The number of rotatable bonds is 14. The predicted molar refractivity (Wildman–Crippen MR) is 140 cm³/mol. The Bertz CT molecular complexity index is 851. The van der Waals surface area contributed by atoms with E-state index < -0.39 is 42.0 Å². The van der Waals surface area contributed by atoms with Crippen molar-refractivity contribution in [1.29, 1.82) is 0 Å². The minimum Gasteiger partial charge on any atom is -0.444 e. The van der Waals surface area contributed by atoms with Crippen molar-refractivity contribution in [1.82, 2.24) is 15.5 Å². The summed E-state index contributed by atoms with van der Waals surface area (Å²) in [5.74, 6) is -1.66. The minimum atomic E-state index is -1.27. The maximum Gasteiger partial charge on any atom is 0.408 e. The van der Waals surface area contributed by atoms with Gasteiger partial charge in [-0.1, -0.05) is 62.9 Å². The van der Waals surface area contributed by atoms with Crippen LogP contribution >= 0.6 is 0 Å². The maximum atomic E-state index is 13.9. The molecule has 1 aromatic carbocycles. The summed E-state index contributed by atoms with van der Waals surface area (Å²) in [6, 6.07) is 6.64. The Morgan fingerprint density at radius 1 is 0.972 bits per heavy atom. The van der Waals surface area contributed by atoms with Crippen molar-refractivity contribution in [2.24, 2.45) is 5.73 Å². The van der Waals surface area contributed by atoms with Gasteiger partial charge in [0.1, 0.15) is 17.7 Å². The maximum absolute atomic E-state index is 13.9. The van der Waals surface area contributed by atoms with E-state index in [9.17, 15) is 19.2 Å². The van der Waals surface area contributed by atoms with Crippen molar-refractivity contribution in [2.75, 3.05) is 6.54 Å². The summed E-state index contributed by atoms with van der Waals surface area (Å²) in [4.78, 5) is 53.0. The van der Waals surface area contributed by atoms with E-state index in [0.29, 0.717) is 12.0 Å². The highest BCUT2D eigenvalue weighted by atomic mass is 16.6. The molecule has 0 saturated carbocycles. The van der Waals surface area contributed by atoms with Crippen LogP contribution in [0.5, 0.6) is 0 Å². The van der Waals surface area contributed by atoms with Crippen molar-refractivity contribution in [2.45, 2.75) is 104 Å². The summed E-state index contributed by atoms with van der Waals surface area (Å²) < 4.78 is 5.30. The number of carbonyl (C=O) groups excluding carboxylic acids is 4. The summed E-state index contributed by atoms with van der Waals surface area (Å²) in [6.45, 7) is 11.2. The van der Waals surface area contributed by atoms with Gasteiger partial charge in [-0.2, -0.15) is 0 Å². The number of benzene rings is 1. The highest BCUT2D eigenvalue weighted by Crippen LogP contribution is 2.24. The Kier molecular flexibility index (Phi) is 13.0. The molecule has 0 bridgehead atoms. The topological polar surface area (TPSA) is 131 Å². The molecule has 1 aromatic rings. The third kappa shape index (κ3) is 11.6. The van der Waals surface area contributed by atoms with Crippen LogP contribution in [0, 0.1) is 0 Å². The molecule has 0 spiro atoms. The summed E-state index contributed by atoms with van der Waals surface area (Å²) in [6.07, 6.45) is 3.45. The quantitative estimate of drug-likeness (QED) is 0.332. The SMILES string of the molecule is CCCCCCCN(C(=O)C(CC(N)=O)NC(=O)OC(C)(C)C)C(C(=O)NC(C)C)c1ccccc1. The van der Waals surface area contributed by atoms with Crippen LogP contribution in [0.3, 0.4) is 0 Å². The number of alkyl carbamates (subject to hydrolysis) is 1. The van der Waals surface area contributed by atoms with Crippen LogP contribution in [0.1, 0.15) is 91.7 Å². The van der Waals surface area contributed by atoms with Crippen molar-refractivity contribution >= 4 is 23.8 Å². The number of primary amides is 1. The largest absolute Gasteiger partial charge is 0.444 e. The average molecular weight is 505 g/mol. The lowest BCUT2D eigenvalue weighted by atomic mass is 10.0. The minimum absolute atomic E-state index is 0.147. The van der Waals surface area contributed by atoms with Crippen molar-refractivity contribution in [3.05, 3.63) is 35.9 Å². The van der Waals surface area contributed by atoms with Crippen LogP contribution in [-0.2, 0) is 19.1 Å². The van der Waals surface area contributed by atoms with Gasteiger partial charge in [0.05, 0.1) is 6.42 Å². The zero-order valence-corrected chi connectivity index (χ0v) is 22.6. The van der Waals surface area contributed by atoms with E-state index in [1.807, 2.05) is 19.9 Å². The van der Waals surface area contributed by atoms with Gasteiger partial charge in [0, 0.05) is 12.6 Å². The molecule has 9 nitrogen and oxygen atoms in total. The fourth-order valence-corrected chi connectivity index (χ4v) is 3.78. The molecule has 1 rings (SSSR count). The van der Waals surface area contributed by atoms with Crippen LogP contribution in [0.4, 0.5) is 4.79 Å². The molecular weight excluding hydrogens is 460 g/mol. The van der Waals surface area contributed by atoms with Crippen LogP contribution in [0.2, 0.25) is 0 Å². The molecule has 4 N–H and O–H groups in total. The van der Waals surface area contributed by atoms with Gasteiger partial charge in [0.2, 0.25) is 17.7 Å². The number of unbranched alkanes of at least 4 members (excludes halogenated alkanes) is 4. The fraction of sp³-hybridized carbons (Fsp3) is 0.630. The molecule has 0 aliphatic rings. The second kappa shape index (κ2) is 15.1. The first kappa shape index (κ1) is 30.9. The first-order valence-corrected chi connectivity index (χ1v) is 12.8. The Hall–Kier alpha value is -3.10. The second-order valence-corrected chi connectivity index (χ2v) is 10.3. The molecule has 36 heavy (non-hydrogen) atoms. The van der Waals surface area contributed by atoms with Gasteiger partial charge in [-0.3, -0.25) is 14.4 Å². The predicted octanol–water partition coefficient (Wildman–Crippen LogP) is 3.82. The number of amides is 4. The van der Waals surface area contributed by atoms with Crippen molar-refractivity contribution < 1.29 is 23.9 Å². The van der Waals surface area contributed by atoms with E-state index in [1.54, 1.807) is 45.0 Å². The van der Waals surface area contributed by atoms with Crippen molar-refractivity contribution in [3.63, 3.8) is 0 Å². The molecule has 0 aromatic heterocycles. The number of nitrogens with two attached hydrogens (primary N) is 1. The van der Waals surface area contributed by atoms with Gasteiger partial charge in [-0.15, -0.1) is 0 Å². The second-order valence-electron chi connectivity index (χ2n) is 10.3. The molecule has 2 atom stereocenters. The van der Waals surface area contributed by atoms with Gasteiger partial charge in [-0.05, 0) is 46.6 Å². The molecule has 202 valence electrons. The van der Waals surface area contributed by atoms with E-state index in [1.165, 1.54) is 4.90 Å². The summed E-state index contributed by atoms with van der Waals surface area (Å²) in [5, 5.41) is 5.40. The van der Waals surface area contributed by atoms with Gasteiger partial charge in [0.25, 0.3) is 0 Å². The molecule has 4 amide bonds. The third-order valence-corrected chi connectivity index (χ3v) is 5.29. The Morgan fingerprint density at radius 2 is 1.58 bits per heavy atom. The van der Waals surface area contributed by atoms with Crippen molar-refractivity contribution in [3.8, 4) is 0 Å². The molecule has 0 aliphatic carbocycles. The zero-order chi connectivity index (χ0) is 27.3. The summed E-state index contributed by atoms with van der Waals surface area (Å²) in [5.41, 5.74) is 5.25. The van der Waals surface area contributed by atoms with E-state index >= 15 is 0 Å². The molecule has 0 heterocycles. The average Bonchev–Trinajstić information content (AvgIpc) is 2.75. The van der Waals surface area contributed by atoms with Crippen LogP contribution in [0.15, 0.2) is 30.3 Å². The first-order chi connectivity index (χ1) is 16.9. The van der Waals surface area contributed by atoms with Gasteiger partial charge < -0.3 is 26.0 Å². The van der Waals surface area contributed by atoms with Crippen LogP contribution < -0.4 is 16.4 Å². The highest BCUT2D eigenvalue weighted by molar-refractivity contribution is 5.94. The van der Waals surface area contributed by atoms with E-state index in [2.05, 4.69) is 17.6 Å². The smallest absolute Gasteiger partial charge is 0.408 e. The number of hydrogen-bond acceptors (Lipinski definition) is 5. The number of ether oxygens (including phenoxy) is 1. The van der Waals surface area contributed by atoms with Gasteiger partial charge in [-0.25, -0.2) is 4.79 Å². The molecule has 0 saturated heterocycles. The molecule has 0 fully saturated rings. The number of nitrogens with one attached hydrogen (secondary N) is 2. The Morgan fingerprint density at radius 3 is 2.11 bits per heavy atom. The molecular formula is C27H44N4O5. The number of nitrogens with zero attached hydrogens (tertiary/aromatic N) is 1. The molecule has 2 unspecified atom stereocenters. The lowest BCUT2D eigenvalue weighted by Gasteiger charge is -2.34. The first-order valence-electron chi connectivity index (χ1n) is 12.8. The van der Waals surface area contributed by atoms with E-state index in [4.69, 9.17) is 10.5 Å². The third-order valence-electron chi connectivity index (χ3n) is 5.29. The zero-order valence-electron chi connectivity index (χ0n) is 22.6. The summed E-state index contributed by atoms with van der Waals surface area (Å²) in [7, 11) is 0. The normalized spacial score (nSPS) is 13.0. The lowest BCUT2D eigenvalue weighted by molar-refractivity contribution is -0.143. The molecule has 0 radical (unpaired) electrons. The van der Waals surface area contributed by atoms with E-state index in [0.717, 1.165) is 25.7 Å².